The third-order valence-corrected chi connectivity index (χ3v) is 8.17. The molecule has 2 aromatic carbocycles. The molecule has 6 nitrogen and oxygen atoms in total. The molecule has 8 heteroatoms. The van der Waals surface area contributed by atoms with Crippen molar-refractivity contribution in [2.24, 2.45) is 0 Å². The zero-order valence-electron chi connectivity index (χ0n) is 20.0. The van der Waals surface area contributed by atoms with Crippen LogP contribution >= 0.6 is 24.0 Å². The van der Waals surface area contributed by atoms with Gasteiger partial charge in [-0.2, -0.15) is 0 Å². The monoisotopic (exact) mass is 524 g/mol. The summed E-state index contributed by atoms with van der Waals surface area (Å²) in [6.45, 7) is 1.90. The highest BCUT2D eigenvalue weighted by molar-refractivity contribution is 8.26. The first kappa shape index (κ1) is 23.6. The number of fused-ring (bicyclic) bond motifs is 2. The van der Waals surface area contributed by atoms with Gasteiger partial charge in [0.2, 0.25) is 0 Å². The predicted octanol–water partition coefficient (Wildman–Crippen LogP) is 4.70. The largest absolute Gasteiger partial charge is 0.351 e. The van der Waals surface area contributed by atoms with Gasteiger partial charge in [0.1, 0.15) is 15.8 Å². The molecule has 184 valence electrons. The lowest BCUT2D eigenvalue weighted by atomic mass is 9.99. The van der Waals surface area contributed by atoms with Crippen molar-refractivity contribution in [1.29, 1.82) is 0 Å². The maximum atomic E-state index is 13.7. The van der Waals surface area contributed by atoms with Crippen molar-refractivity contribution < 1.29 is 4.79 Å². The number of pyridine rings is 1. The van der Waals surface area contributed by atoms with E-state index in [1.807, 2.05) is 48.5 Å². The van der Waals surface area contributed by atoms with Crippen molar-refractivity contribution in [2.45, 2.75) is 19.4 Å². The molecule has 0 saturated carbocycles. The van der Waals surface area contributed by atoms with E-state index < -0.39 is 0 Å². The Balaban J connectivity index is 1.37. The summed E-state index contributed by atoms with van der Waals surface area (Å²) >= 11 is 6.80. The fraction of sp³-hybridized carbons (Fsp3) is 0.172. The number of thioether (sulfide) groups is 1. The lowest BCUT2D eigenvalue weighted by Crippen LogP contribution is -2.34. The summed E-state index contributed by atoms with van der Waals surface area (Å²) in [5.41, 5.74) is 4.47. The minimum Gasteiger partial charge on any atom is -0.351 e. The third kappa shape index (κ3) is 4.58. The molecule has 0 spiro atoms. The van der Waals surface area contributed by atoms with E-state index in [-0.39, 0.29) is 11.5 Å². The standard InChI is InChI=1S/C29H24N4O2S2/c34-27-23(18-24-28(35)33(29(36)37-24)17-13-20-8-2-1-3-9-20)26(30-25-12-6-7-15-32(25)27)31-16-14-21-10-4-5-11-22(21)19-31/h1-12,15,18H,13-14,16-17,19H2/b24-18-. The molecule has 37 heavy (non-hydrogen) atoms. The average molecular weight is 525 g/mol. The molecule has 0 radical (unpaired) electrons. The van der Waals surface area contributed by atoms with Gasteiger partial charge in [0.25, 0.3) is 11.5 Å². The van der Waals surface area contributed by atoms with Crippen molar-refractivity contribution in [1.82, 2.24) is 14.3 Å². The van der Waals surface area contributed by atoms with Gasteiger partial charge in [-0.25, -0.2) is 4.98 Å². The van der Waals surface area contributed by atoms with Crippen LogP contribution in [-0.2, 0) is 24.2 Å². The Hall–Kier alpha value is -3.75. The molecule has 0 bridgehead atoms. The number of nitrogens with zero attached hydrogens (tertiary/aromatic N) is 4. The third-order valence-electron chi connectivity index (χ3n) is 6.80. The highest BCUT2D eigenvalue weighted by atomic mass is 32.2. The molecule has 2 aliphatic heterocycles. The quantitative estimate of drug-likeness (QED) is 0.279. The summed E-state index contributed by atoms with van der Waals surface area (Å²) in [5.74, 6) is 0.429. The number of rotatable bonds is 5. The van der Waals surface area contributed by atoms with Crippen LogP contribution in [-0.4, -0.2) is 37.6 Å². The Morgan fingerprint density at radius 1 is 0.946 bits per heavy atom. The van der Waals surface area contributed by atoms with Crippen LogP contribution in [0.5, 0.6) is 0 Å². The van der Waals surface area contributed by atoms with E-state index in [0.717, 1.165) is 18.5 Å². The molecule has 4 heterocycles. The highest BCUT2D eigenvalue weighted by Crippen LogP contribution is 2.34. The smallest absolute Gasteiger partial charge is 0.267 e. The van der Waals surface area contributed by atoms with Crippen LogP contribution < -0.4 is 10.5 Å². The van der Waals surface area contributed by atoms with E-state index in [1.165, 1.54) is 27.3 Å². The van der Waals surface area contributed by atoms with Crippen LogP contribution in [0.1, 0.15) is 22.3 Å². The first-order valence-electron chi connectivity index (χ1n) is 12.2. The summed E-state index contributed by atoms with van der Waals surface area (Å²) in [6, 6.07) is 23.9. The first-order valence-corrected chi connectivity index (χ1v) is 13.4. The summed E-state index contributed by atoms with van der Waals surface area (Å²) in [4.78, 5) is 36.2. The van der Waals surface area contributed by atoms with Gasteiger partial charge in [0.15, 0.2) is 0 Å². The highest BCUT2D eigenvalue weighted by Gasteiger charge is 2.33. The molecule has 4 aromatic rings. The first-order chi connectivity index (χ1) is 18.1. The molecule has 0 atom stereocenters. The number of hydrogen-bond donors (Lipinski definition) is 0. The van der Waals surface area contributed by atoms with Gasteiger partial charge in [-0.05, 0) is 47.7 Å². The lowest BCUT2D eigenvalue weighted by Gasteiger charge is -2.30. The van der Waals surface area contributed by atoms with Crippen LogP contribution in [0.15, 0.2) is 88.7 Å². The zero-order valence-corrected chi connectivity index (χ0v) is 21.7. The number of carbonyl (C=O) groups is 1. The predicted molar refractivity (Wildman–Crippen MR) is 153 cm³/mol. The minimum absolute atomic E-state index is 0.168. The van der Waals surface area contributed by atoms with Gasteiger partial charge in [-0.1, -0.05) is 84.6 Å². The molecule has 2 aromatic heterocycles. The van der Waals surface area contributed by atoms with Crippen LogP contribution in [0.25, 0.3) is 11.7 Å². The van der Waals surface area contributed by atoms with E-state index in [1.54, 1.807) is 23.2 Å². The Morgan fingerprint density at radius 3 is 2.54 bits per heavy atom. The van der Waals surface area contributed by atoms with Crippen LogP contribution in [0.3, 0.4) is 0 Å². The van der Waals surface area contributed by atoms with Crippen molar-refractivity contribution in [3.05, 3.63) is 117 Å². The van der Waals surface area contributed by atoms with Crippen LogP contribution in [0, 0.1) is 0 Å². The molecule has 2 aliphatic rings. The van der Waals surface area contributed by atoms with E-state index in [9.17, 15) is 9.59 Å². The number of aromatic nitrogens is 2. The average Bonchev–Trinajstić information content (AvgIpc) is 3.20. The van der Waals surface area contributed by atoms with Gasteiger partial charge in [-0.3, -0.25) is 18.9 Å². The molecule has 0 aliphatic carbocycles. The van der Waals surface area contributed by atoms with Crippen molar-refractivity contribution in [3.63, 3.8) is 0 Å². The molecule has 1 saturated heterocycles. The number of carbonyl (C=O) groups excluding carboxylic acids is 1. The number of benzene rings is 2. The van der Waals surface area contributed by atoms with Crippen molar-refractivity contribution in [3.8, 4) is 0 Å². The van der Waals surface area contributed by atoms with Crippen molar-refractivity contribution in [2.75, 3.05) is 18.0 Å². The summed E-state index contributed by atoms with van der Waals surface area (Å²) < 4.78 is 2.04. The molecule has 1 amide bonds. The molecule has 0 N–H and O–H groups in total. The van der Waals surface area contributed by atoms with E-state index in [2.05, 4.69) is 23.1 Å². The Kier molecular flexibility index (Phi) is 6.36. The molecular weight excluding hydrogens is 500 g/mol. The maximum Gasteiger partial charge on any atom is 0.267 e. The second kappa shape index (κ2) is 9.95. The number of hydrogen-bond acceptors (Lipinski definition) is 6. The Morgan fingerprint density at radius 2 is 1.70 bits per heavy atom. The summed E-state index contributed by atoms with van der Waals surface area (Å²) in [5, 5.41) is 0. The van der Waals surface area contributed by atoms with Crippen LogP contribution in [0.2, 0.25) is 0 Å². The van der Waals surface area contributed by atoms with E-state index >= 15 is 0 Å². The lowest BCUT2D eigenvalue weighted by molar-refractivity contribution is -0.122. The SMILES string of the molecule is O=C1/C(=C/c2c(N3CCc4ccccc4C3)nc3ccccn3c2=O)SC(=S)N1CCc1ccccc1. The fourth-order valence-corrected chi connectivity index (χ4v) is 6.13. The fourth-order valence-electron chi connectivity index (χ4n) is 4.84. The van der Waals surface area contributed by atoms with Gasteiger partial charge in [-0.15, -0.1) is 0 Å². The number of anilines is 1. The second-order valence-corrected chi connectivity index (χ2v) is 10.8. The number of thiocarbonyl (C=S) groups is 1. The zero-order chi connectivity index (χ0) is 25.4. The summed E-state index contributed by atoms with van der Waals surface area (Å²) in [6.07, 6.45) is 4.97. The molecule has 1 fully saturated rings. The maximum absolute atomic E-state index is 13.7. The summed E-state index contributed by atoms with van der Waals surface area (Å²) in [7, 11) is 0. The van der Waals surface area contributed by atoms with Crippen molar-refractivity contribution >= 4 is 51.7 Å². The van der Waals surface area contributed by atoms with Gasteiger partial charge >= 0.3 is 0 Å². The second-order valence-electron chi connectivity index (χ2n) is 9.09. The number of amides is 1. The van der Waals surface area contributed by atoms with Gasteiger partial charge in [0, 0.05) is 25.8 Å². The Labute approximate surface area is 224 Å². The molecule has 6 rings (SSSR count). The molecule has 0 unspecified atom stereocenters. The van der Waals surface area contributed by atoms with Gasteiger partial charge in [0.05, 0.1) is 10.5 Å². The van der Waals surface area contributed by atoms with Gasteiger partial charge < -0.3 is 4.90 Å². The normalized spacial score (nSPS) is 16.6. The minimum atomic E-state index is -0.200. The van der Waals surface area contributed by atoms with Crippen LogP contribution in [0.4, 0.5) is 5.82 Å². The van der Waals surface area contributed by atoms with E-state index in [4.69, 9.17) is 17.2 Å². The van der Waals surface area contributed by atoms with E-state index in [0.29, 0.717) is 45.8 Å². The molecular formula is C29H24N4O2S2. The Bertz CT molecular complexity index is 1610. The topological polar surface area (TPSA) is 57.9 Å².